The molecular weight excluding hydrogens is 707 g/mol. The molecule has 4 bridgehead atoms. The first-order valence-corrected chi connectivity index (χ1v) is 22.1. The van der Waals surface area contributed by atoms with Crippen LogP contribution in [0.1, 0.15) is 68.2 Å². The molecule has 0 N–H and O–H groups in total. The molecule has 6 aliphatic rings. The Morgan fingerprint density at radius 2 is 1.14 bits per heavy atom. The molecule has 14 rings (SSSR count). The molecule has 6 aliphatic carbocycles. The van der Waals surface area contributed by atoms with Gasteiger partial charge in [-0.05, 0) is 136 Å². The van der Waals surface area contributed by atoms with Gasteiger partial charge in [-0.2, -0.15) is 0 Å². The monoisotopic (exact) mass is 751 g/mol. The summed E-state index contributed by atoms with van der Waals surface area (Å²) in [6, 6.07) is 58.3. The fourth-order valence-electron chi connectivity index (χ4n) is 13.5. The molecule has 1 heterocycles. The summed E-state index contributed by atoms with van der Waals surface area (Å²) < 4.78 is 2.67. The third-order valence-corrected chi connectivity index (χ3v) is 16.6. The van der Waals surface area contributed by atoms with Crippen LogP contribution in [0.3, 0.4) is 0 Å². The van der Waals surface area contributed by atoms with Gasteiger partial charge >= 0.3 is 0 Å². The predicted octanol–water partition coefficient (Wildman–Crippen LogP) is 15.2. The summed E-state index contributed by atoms with van der Waals surface area (Å²) >= 11 is 1.95. The van der Waals surface area contributed by atoms with Crippen molar-refractivity contribution in [1.29, 1.82) is 0 Å². The van der Waals surface area contributed by atoms with Crippen molar-refractivity contribution in [3.63, 3.8) is 0 Å². The minimum Gasteiger partial charge on any atom is -0.308 e. The topological polar surface area (TPSA) is 3.24 Å². The molecule has 0 amide bonds. The molecule has 4 fully saturated rings. The second kappa shape index (κ2) is 11.6. The zero-order valence-corrected chi connectivity index (χ0v) is 33.5. The summed E-state index contributed by atoms with van der Waals surface area (Å²) in [6.07, 6.45) is 7.01. The maximum Gasteiger partial charge on any atom is 0.0640 e. The van der Waals surface area contributed by atoms with E-state index in [4.69, 9.17) is 0 Å². The molecule has 0 saturated heterocycles. The molecule has 0 aliphatic heterocycles. The van der Waals surface area contributed by atoms with Crippen molar-refractivity contribution in [2.75, 3.05) is 4.90 Å². The van der Waals surface area contributed by atoms with Crippen LogP contribution in [0.2, 0.25) is 0 Å². The van der Waals surface area contributed by atoms with E-state index in [1.807, 2.05) is 11.3 Å². The molecule has 7 aromatic carbocycles. The van der Waals surface area contributed by atoms with E-state index in [9.17, 15) is 0 Å². The molecule has 57 heavy (non-hydrogen) atoms. The Morgan fingerprint density at radius 1 is 0.509 bits per heavy atom. The number of hydrogen-bond acceptors (Lipinski definition) is 2. The first-order valence-electron chi connectivity index (χ1n) is 21.3. The van der Waals surface area contributed by atoms with Gasteiger partial charge in [0.25, 0.3) is 0 Å². The van der Waals surface area contributed by atoms with Crippen molar-refractivity contribution in [3.8, 4) is 33.4 Å². The van der Waals surface area contributed by atoms with Crippen LogP contribution >= 0.6 is 11.3 Å². The fourth-order valence-corrected chi connectivity index (χ4v) is 14.7. The predicted molar refractivity (Wildman–Crippen MR) is 240 cm³/mol. The standard InChI is InChI=1S/C55H45NS/c1-54(2)44-19-8-7-16-42(44)52-46(54)21-12-22-48(52)56(49-23-10-18-43-51-39(35-13-4-3-5-14-35)17-11-24-50(51)57-53(43)49)38-25-26-41-40-15-6-9-20-45(40)55(47(41)32-38)36-28-33-27-34(30-36)31-37(55)29-33/h3-26,32-34,36-37H,27-31H2,1-2H3. The lowest BCUT2D eigenvalue weighted by Crippen LogP contribution is -2.55. The molecule has 1 spiro atoms. The molecule has 0 unspecified atom stereocenters. The van der Waals surface area contributed by atoms with E-state index < -0.39 is 0 Å². The lowest BCUT2D eigenvalue weighted by Gasteiger charge is -2.61. The van der Waals surface area contributed by atoms with E-state index in [0.29, 0.717) is 0 Å². The molecule has 1 aromatic heterocycles. The van der Waals surface area contributed by atoms with Gasteiger partial charge in [-0.1, -0.05) is 135 Å². The summed E-state index contributed by atoms with van der Waals surface area (Å²) in [5, 5.41) is 2.68. The molecular formula is C55H45NS. The first-order chi connectivity index (χ1) is 28.0. The average Bonchev–Trinajstić information content (AvgIpc) is 3.85. The summed E-state index contributed by atoms with van der Waals surface area (Å²) in [4.78, 5) is 2.67. The second-order valence-corrected chi connectivity index (χ2v) is 19.5. The summed E-state index contributed by atoms with van der Waals surface area (Å²) in [5.41, 5.74) is 18.1. The molecule has 0 radical (unpaired) electrons. The van der Waals surface area contributed by atoms with Crippen LogP contribution in [0.25, 0.3) is 53.6 Å². The second-order valence-electron chi connectivity index (χ2n) is 18.5. The Morgan fingerprint density at radius 3 is 1.95 bits per heavy atom. The van der Waals surface area contributed by atoms with Gasteiger partial charge in [0.05, 0.1) is 16.1 Å². The molecule has 8 aromatic rings. The average molecular weight is 752 g/mol. The van der Waals surface area contributed by atoms with Crippen molar-refractivity contribution in [1.82, 2.24) is 0 Å². The highest BCUT2D eigenvalue weighted by Gasteiger charge is 2.61. The highest BCUT2D eigenvalue weighted by Crippen LogP contribution is 2.70. The van der Waals surface area contributed by atoms with Gasteiger partial charge in [-0.25, -0.2) is 0 Å². The van der Waals surface area contributed by atoms with Gasteiger partial charge in [-0.15, -0.1) is 11.3 Å². The van der Waals surface area contributed by atoms with Crippen LogP contribution in [0.4, 0.5) is 17.1 Å². The van der Waals surface area contributed by atoms with E-state index in [0.717, 1.165) is 23.7 Å². The maximum atomic E-state index is 2.69. The number of hydrogen-bond donors (Lipinski definition) is 0. The zero-order valence-electron chi connectivity index (χ0n) is 32.6. The van der Waals surface area contributed by atoms with Gasteiger partial charge < -0.3 is 4.90 Å². The van der Waals surface area contributed by atoms with E-state index in [1.54, 1.807) is 11.1 Å². The van der Waals surface area contributed by atoms with Gasteiger partial charge in [0.15, 0.2) is 0 Å². The zero-order chi connectivity index (χ0) is 37.6. The van der Waals surface area contributed by atoms with Crippen LogP contribution in [-0.2, 0) is 10.8 Å². The van der Waals surface area contributed by atoms with Crippen LogP contribution in [-0.4, -0.2) is 0 Å². The molecule has 276 valence electrons. The van der Waals surface area contributed by atoms with E-state index in [-0.39, 0.29) is 10.8 Å². The van der Waals surface area contributed by atoms with Crippen molar-refractivity contribution < 1.29 is 0 Å². The van der Waals surface area contributed by atoms with E-state index >= 15 is 0 Å². The van der Waals surface area contributed by atoms with Crippen molar-refractivity contribution in [2.45, 2.75) is 56.8 Å². The third kappa shape index (κ3) is 4.25. The minimum atomic E-state index is -0.0914. The van der Waals surface area contributed by atoms with Crippen molar-refractivity contribution in [3.05, 3.63) is 174 Å². The van der Waals surface area contributed by atoms with Crippen LogP contribution in [0.5, 0.6) is 0 Å². The van der Waals surface area contributed by atoms with Crippen molar-refractivity contribution >= 4 is 48.6 Å². The summed E-state index contributed by atoms with van der Waals surface area (Å²) in [7, 11) is 0. The summed E-state index contributed by atoms with van der Waals surface area (Å²) in [6.45, 7) is 4.82. The maximum absolute atomic E-state index is 2.69. The van der Waals surface area contributed by atoms with Gasteiger partial charge in [0, 0.05) is 37.6 Å². The minimum absolute atomic E-state index is 0.0914. The van der Waals surface area contributed by atoms with E-state index in [1.165, 1.54) is 114 Å². The quantitative estimate of drug-likeness (QED) is 0.173. The summed E-state index contributed by atoms with van der Waals surface area (Å²) in [5.74, 6) is 3.26. The highest BCUT2D eigenvalue weighted by molar-refractivity contribution is 7.26. The fraction of sp³-hybridized carbons (Fsp3) is 0.236. The largest absolute Gasteiger partial charge is 0.308 e. The number of nitrogens with zero attached hydrogens (tertiary/aromatic N) is 1. The Balaban J connectivity index is 1.10. The van der Waals surface area contributed by atoms with Crippen LogP contribution in [0, 0.1) is 23.7 Å². The Labute approximate surface area is 339 Å². The number of fused-ring (bicyclic) bond motifs is 9. The van der Waals surface area contributed by atoms with Crippen molar-refractivity contribution in [2.24, 2.45) is 23.7 Å². The Bertz CT molecular complexity index is 2940. The highest BCUT2D eigenvalue weighted by atomic mass is 32.1. The Hall–Kier alpha value is -5.44. The molecule has 2 heteroatoms. The SMILES string of the molecule is CC1(C)c2ccccc2-c2c(N(c3ccc4c(c3)C3(c5ccccc5-4)C4CC5CC(C4)CC3C5)c3cccc4c3sc3cccc(-c5ccccc5)c34)cccc21. The van der Waals surface area contributed by atoms with E-state index in [2.05, 4.69) is 170 Å². The molecule has 4 saturated carbocycles. The Kier molecular flexibility index (Phi) is 6.63. The number of thiophene rings is 1. The van der Waals surface area contributed by atoms with Crippen LogP contribution < -0.4 is 4.90 Å². The lowest BCUT2D eigenvalue weighted by molar-refractivity contribution is -0.0399. The lowest BCUT2D eigenvalue weighted by atomic mass is 9.43. The number of benzene rings is 7. The third-order valence-electron chi connectivity index (χ3n) is 15.4. The normalized spacial score (nSPS) is 24.2. The smallest absolute Gasteiger partial charge is 0.0640 e. The number of anilines is 3. The van der Waals surface area contributed by atoms with Crippen LogP contribution in [0.15, 0.2) is 152 Å². The number of rotatable bonds is 4. The first kappa shape index (κ1) is 32.6. The van der Waals surface area contributed by atoms with Gasteiger partial charge in [0.1, 0.15) is 0 Å². The van der Waals surface area contributed by atoms with Gasteiger partial charge in [0.2, 0.25) is 0 Å². The van der Waals surface area contributed by atoms with Gasteiger partial charge in [-0.3, -0.25) is 0 Å². The molecule has 0 atom stereocenters. The molecule has 1 nitrogen and oxygen atoms in total.